The molecular formula is C15H22O3. The highest BCUT2D eigenvalue weighted by Crippen LogP contribution is 2.59. The van der Waals surface area contributed by atoms with Gasteiger partial charge in [-0.2, -0.15) is 0 Å². The van der Waals surface area contributed by atoms with E-state index in [9.17, 15) is 9.59 Å². The van der Waals surface area contributed by atoms with Gasteiger partial charge in [0, 0.05) is 0 Å². The first-order valence-corrected chi connectivity index (χ1v) is 6.61. The van der Waals surface area contributed by atoms with E-state index in [1.165, 1.54) is 12.0 Å². The Labute approximate surface area is 109 Å². The minimum absolute atomic E-state index is 0.344. The normalized spacial score (nSPS) is 29.0. The van der Waals surface area contributed by atoms with Crippen molar-refractivity contribution in [1.82, 2.24) is 0 Å². The van der Waals surface area contributed by atoms with Crippen LogP contribution in [0.3, 0.4) is 0 Å². The molecule has 2 unspecified atom stereocenters. The van der Waals surface area contributed by atoms with E-state index in [1.54, 1.807) is 13.8 Å². The summed E-state index contributed by atoms with van der Waals surface area (Å²) in [5.41, 5.74) is 0.543. The molecule has 2 bridgehead atoms. The van der Waals surface area contributed by atoms with Gasteiger partial charge in [0.2, 0.25) is 0 Å². The third-order valence-corrected chi connectivity index (χ3v) is 4.77. The lowest BCUT2D eigenvalue weighted by Crippen LogP contribution is -2.49. The molecule has 0 radical (unpaired) electrons. The Hall–Kier alpha value is -1.12. The summed E-state index contributed by atoms with van der Waals surface area (Å²) in [6, 6.07) is 0. The zero-order chi connectivity index (χ0) is 13.6. The lowest BCUT2D eigenvalue weighted by atomic mass is 9.49. The zero-order valence-electron chi connectivity index (χ0n) is 11.7. The van der Waals surface area contributed by atoms with E-state index in [0.717, 1.165) is 12.3 Å². The smallest absolute Gasteiger partial charge is 0.319 e. The molecule has 0 spiro atoms. The summed E-state index contributed by atoms with van der Waals surface area (Å²) in [6.45, 7) is 8.09. The van der Waals surface area contributed by atoms with Gasteiger partial charge in [-0.15, -0.1) is 0 Å². The molecule has 0 aromatic rings. The van der Waals surface area contributed by atoms with Crippen LogP contribution >= 0.6 is 0 Å². The van der Waals surface area contributed by atoms with Crippen LogP contribution < -0.4 is 0 Å². The van der Waals surface area contributed by atoms with E-state index in [0.29, 0.717) is 24.2 Å². The molecule has 1 saturated carbocycles. The van der Waals surface area contributed by atoms with E-state index >= 15 is 0 Å². The maximum absolute atomic E-state index is 11.7. The Balaban J connectivity index is 1.94. The Morgan fingerprint density at radius 3 is 2.72 bits per heavy atom. The predicted molar refractivity (Wildman–Crippen MR) is 68.9 cm³/mol. The zero-order valence-corrected chi connectivity index (χ0v) is 11.7. The lowest BCUT2D eigenvalue weighted by molar-refractivity contribution is -0.155. The molecular weight excluding hydrogens is 228 g/mol. The maximum Gasteiger partial charge on any atom is 0.319 e. The van der Waals surface area contributed by atoms with E-state index in [-0.39, 0.29) is 0 Å². The summed E-state index contributed by atoms with van der Waals surface area (Å²) in [4.78, 5) is 22.5. The van der Waals surface area contributed by atoms with Gasteiger partial charge in [-0.05, 0) is 49.5 Å². The van der Waals surface area contributed by atoms with Crippen LogP contribution in [0, 0.1) is 22.7 Å². The van der Waals surface area contributed by atoms with Gasteiger partial charge in [0.05, 0.1) is 0 Å². The summed E-state index contributed by atoms with van der Waals surface area (Å²) in [7, 11) is 0. The summed E-state index contributed by atoms with van der Waals surface area (Å²) in [6.07, 6.45) is 5.17. The molecule has 0 aromatic carbocycles. The van der Waals surface area contributed by atoms with Crippen LogP contribution in [-0.2, 0) is 14.3 Å². The average Bonchev–Trinajstić information content (AvgIpc) is 2.35. The van der Waals surface area contributed by atoms with Crippen molar-refractivity contribution in [3.63, 3.8) is 0 Å². The topological polar surface area (TPSA) is 43.4 Å². The highest BCUT2D eigenvalue weighted by molar-refractivity contribution is 5.92. The Bertz CT molecular complexity index is 404. The van der Waals surface area contributed by atoms with Crippen LogP contribution in [0.4, 0.5) is 0 Å². The number of allylic oxidation sites excluding steroid dienone is 1. The van der Waals surface area contributed by atoms with Crippen molar-refractivity contribution in [3.05, 3.63) is 11.6 Å². The first kappa shape index (κ1) is 13.3. The minimum Gasteiger partial charge on any atom is -0.460 e. The molecule has 0 aromatic heterocycles. The van der Waals surface area contributed by atoms with Crippen LogP contribution in [0.2, 0.25) is 0 Å². The molecule has 3 aliphatic rings. The minimum atomic E-state index is -1.03. The highest BCUT2D eigenvalue weighted by Gasteiger charge is 2.51. The summed E-state index contributed by atoms with van der Waals surface area (Å²) in [5.74, 6) is 0.898. The Morgan fingerprint density at radius 2 is 2.22 bits per heavy atom. The number of esters is 1. The molecule has 0 heterocycles. The van der Waals surface area contributed by atoms with Crippen LogP contribution in [0.25, 0.3) is 0 Å². The van der Waals surface area contributed by atoms with Crippen molar-refractivity contribution < 1.29 is 14.3 Å². The van der Waals surface area contributed by atoms with Gasteiger partial charge in [-0.3, -0.25) is 4.79 Å². The number of aldehydes is 1. The van der Waals surface area contributed by atoms with Gasteiger partial charge < -0.3 is 9.53 Å². The van der Waals surface area contributed by atoms with E-state index < -0.39 is 11.4 Å². The molecule has 2 atom stereocenters. The molecule has 18 heavy (non-hydrogen) atoms. The first-order chi connectivity index (χ1) is 8.29. The SMILES string of the molecule is CC(C)(C=O)C(=O)OCC1=CCC2CC1C2(C)C. The molecule has 3 rings (SSSR count). The Morgan fingerprint density at radius 1 is 1.56 bits per heavy atom. The third kappa shape index (κ3) is 2.00. The molecule has 0 aliphatic heterocycles. The highest BCUT2D eigenvalue weighted by atomic mass is 16.5. The fraction of sp³-hybridized carbons (Fsp3) is 0.733. The number of hydrogen-bond acceptors (Lipinski definition) is 3. The summed E-state index contributed by atoms with van der Waals surface area (Å²) in [5, 5.41) is 0. The van der Waals surface area contributed by atoms with Gasteiger partial charge in [-0.25, -0.2) is 0 Å². The van der Waals surface area contributed by atoms with Gasteiger partial charge in [-0.1, -0.05) is 19.9 Å². The lowest BCUT2D eigenvalue weighted by Gasteiger charge is -2.56. The standard InChI is InChI=1S/C15H22O3/c1-14(2,9-16)13(17)18-8-10-5-6-11-7-12(10)15(11,3)4/h5,9,11-12H,6-8H2,1-4H3. The number of hydrogen-bond donors (Lipinski definition) is 0. The van der Waals surface area contributed by atoms with Gasteiger partial charge >= 0.3 is 5.97 Å². The van der Waals surface area contributed by atoms with Gasteiger partial charge in [0.15, 0.2) is 0 Å². The molecule has 0 N–H and O–H groups in total. The van der Waals surface area contributed by atoms with Crippen molar-refractivity contribution >= 4 is 12.3 Å². The summed E-state index contributed by atoms with van der Waals surface area (Å²) >= 11 is 0. The molecule has 3 heteroatoms. The fourth-order valence-electron chi connectivity index (χ4n) is 3.02. The van der Waals surface area contributed by atoms with Crippen LogP contribution in [0.15, 0.2) is 11.6 Å². The van der Waals surface area contributed by atoms with Crippen LogP contribution in [0.5, 0.6) is 0 Å². The quantitative estimate of drug-likeness (QED) is 0.333. The molecule has 0 amide bonds. The van der Waals surface area contributed by atoms with Crippen LogP contribution in [-0.4, -0.2) is 18.9 Å². The van der Waals surface area contributed by atoms with E-state index in [1.807, 2.05) is 0 Å². The fourth-order valence-corrected chi connectivity index (χ4v) is 3.02. The number of fused-ring (bicyclic) bond motifs is 1. The predicted octanol–water partition coefficient (Wildman–Crippen LogP) is 2.75. The molecule has 1 fully saturated rings. The van der Waals surface area contributed by atoms with Crippen LogP contribution in [0.1, 0.15) is 40.5 Å². The second-order valence-electron chi connectivity index (χ2n) is 6.74. The third-order valence-electron chi connectivity index (χ3n) is 4.77. The Kier molecular flexibility index (Phi) is 3.12. The van der Waals surface area contributed by atoms with Crippen molar-refractivity contribution in [3.8, 4) is 0 Å². The first-order valence-electron chi connectivity index (χ1n) is 6.61. The maximum atomic E-state index is 11.7. The van der Waals surface area contributed by atoms with Crippen molar-refractivity contribution in [2.45, 2.75) is 40.5 Å². The van der Waals surface area contributed by atoms with Crippen molar-refractivity contribution in [2.75, 3.05) is 6.61 Å². The second kappa shape index (κ2) is 4.22. The molecule has 3 aliphatic carbocycles. The molecule has 3 nitrogen and oxygen atoms in total. The van der Waals surface area contributed by atoms with E-state index in [2.05, 4.69) is 19.9 Å². The largest absolute Gasteiger partial charge is 0.460 e. The molecule has 100 valence electrons. The van der Waals surface area contributed by atoms with Crippen molar-refractivity contribution in [1.29, 1.82) is 0 Å². The number of carbonyl (C=O) groups is 2. The number of ether oxygens (including phenoxy) is 1. The summed E-state index contributed by atoms with van der Waals surface area (Å²) < 4.78 is 5.29. The van der Waals surface area contributed by atoms with Gasteiger partial charge in [0.1, 0.15) is 18.3 Å². The number of rotatable bonds is 4. The van der Waals surface area contributed by atoms with Gasteiger partial charge in [0.25, 0.3) is 0 Å². The van der Waals surface area contributed by atoms with Crippen molar-refractivity contribution in [2.24, 2.45) is 22.7 Å². The monoisotopic (exact) mass is 250 g/mol. The number of carbonyl (C=O) groups excluding carboxylic acids is 2. The molecule has 0 saturated heterocycles. The second-order valence-corrected chi connectivity index (χ2v) is 6.74. The average molecular weight is 250 g/mol. The van der Waals surface area contributed by atoms with E-state index in [4.69, 9.17) is 4.74 Å².